The van der Waals surface area contributed by atoms with Gasteiger partial charge in [-0.3, -0.25) is 9.69 Å². The number of ether oxygens (including phenoxy) is 2. The number of amides is 1. The van der Waals surface area contributed by atoms with E-state index in [4.69, 9.17) is 9.47 Å². The summed E-state index contributed by atoms with van der Waals surface area (Å²) < 4.78 is 11.0. The minimum absolute atomic E-state index is 0.149. The molecule has 142 valence electrons. The molecule has 0 radical (unpaired) electrons. The van der Waals surface area contributed by atoms with Crippen LogP contribution in [-0.2, 0) is 11.3 Å². The highest BCUT2D eigenvalue weighted by Gasteiger charge is 2.42. The zero-order chi connectivity index (χ0) is 18.6. The molecule has 2 fully saturated rings. The molecular formula is C21H30N2O3. The van der Waals surface area contributed by atoms with Gasteiger partial charge in [-0.05, 0) is 44.9 Å². The molecule has 1 unspecified atom stereocenters. The SMILES string of the molecule is CC=CC(=O)N1CCC2(CCCN(Cc3cccc(OC)c3OC)C2)C1. The van der Waals surface area contributed by atoms with Crippen LogP contribution in [0.15, 0.2) is 30.4 Å². The second-order valence-corrected chi connectivity index (χ2v) is 7.48. The first-order valence-electron chi connectivity index (χ1n) is 9.44. The summed E-state index contributed by atoms with van der Waals surface area (Å²) in [6.07, 6.45) is 6.99. The van der Waals surface area contributed by atoms with Gasteiger partial charge in [0.05, 0.1) is 14.2 Å². The maximum absolute atomic E-state index is 12.2. The molecule has 1 amide bonds. The topological polar surface area (TPSA) is 42.0 Å². The first kappa shape index (κ1) is 18.8. The smallest absolute Gasteiger partial charge is 0.246 e. The highest BCUT2D eigenvalue weighted by molar-refractivity contribution is 5.87. The fourth-order valence-corrected chi connectivity index (χ4v) is 4.47. The van der Waals surface area contributed by atoms with Gasteiger partial charge in [-0.1, -0.05) is 18.2 Å². The summed E-state index contributed by atoms with van der Waals surface area (Å²) in [7, 11) is 3.37. The van der Waals surface area contributed by atoms with Crippen LogP contribution in [0.3, 0.4) is 0 Å². The molecular weight excluding hydrogens is 328 g/mol. The Hall–Kier alpha value is -2.01. The molecule has 0 aliphatic carbocycles. The van der Waals surface area contributed by atoms with Gasteiger partial charge in [0.1, 0.15) is 0 Å². The van der Waals surface area contributed by atoms with Gasteiger partial charge in [0.25, 0.3) is 0 Å². The maximum atomic E-state index is 12.2. The second-order valence-electron chi connectivity index (χ2n) is 7.48. The number of nitrogens with zero attached hydrogens (tertiary/aromatic N) is 2. The molecule has 1 aromatic rings. The Bertz CT molecular complexity index is 673. The predicted molar refractivity (Wildman–Crippen MR) is 103 cm³/mol. The van der Waals surface area contributed by atoms with Gasteiger partial charge in [0.15, 0.2) is 11.5 Å². The number of benzene rings is 1. The Labute approximate surface area is 156 Å². The van der Waals surface area contributed by atoms with Crippen molar-refractivity contribution in [1.82, 2.24) is 9.80 Å². The molecule has 0 aromatic heterocycles. The Morgan fingerprint density at radius 3 is 2.77 bits per heavy atom. The van der Waals surface area contributed by atoms with Crippen LogP contribution in [0.5, 0.6) is 11.5 Å². The fraction of sp³-hybridized carbons (Fsp3) is 0.571. The number of para-hydroxylation sites is 1. The lowest BCUT2D eigenvalue weighted by Crippen LogP contribution is -2.44. The van der Waals surface area contributed by atoms with E-state index in [2.05, 4.69) is 11.0 Å². The average molecular weight is 358 g/mol. The van der Waals surface area contributed by atoms with E-state index in [0.717, 1.165) is 56.2 Å². The van der Waals surface area contributed by atoms with Gasteiger partial charge < -0.3 is 14.4 Å². The van der Waals surface area contributed by atoms with E-state index in [-0.39, 0.29) is 11.3 Å². The quantitative estimate of drug-likeness (QED) is 0.759. The summed E-state index contributed by atoms with van der Waals surface area (Å²) in [5.74, 6) is 1.75. The lowest BCUT2D eigenvalue weighted by molar-refractivity contribution is -0.125. The summed E-state index contributed by atoms with van der Waals surface area (Å²) in [6.45, 7) is 6.62. The van der Waals surface area contributed by atoms with Crippen molar-refractivity contribution in [3.8, 4) is 11.5 Å². The highest BCUT2D eigenvalue weighted by atomic mass is 16.5. The molecule has 2 heterocycles. The van der Waals surface area contributed by atoms with Gasteiger partial charge in [-0.15, -0.1) is 0 Å². The molecule has 5 heteroatoms. The van der Waals surface area contributed by atoms with Crippen molar-refractivity contribution < 1.29 is 14.3 Å². The average Bonchev–Trinajstić information content (AvgIpc) is 3.05. The van der Waals surface area contributed by atoms with Crippen LogP contribution in [-0.4, -0.2) is 56.1 Å². The number of hydrogen-bond donors (Lipinski definition) is 0. The standard InChI is InChI=1S/C21H30N2O3/c1-4-7-19(24)23-13-11-21(16-23)10-6-12-22(15-21)14-17-8-5-9-18(25-2)20(17)26-3/h4-5,7-9H,6,10-16H2,1-3H3. The zero-order valence-corrected chi connectivity index (χ0v) is 16.2. The van der Waals surface area contributed by atoms with E-state index in [1.807, 2.05) is 30.0 Å². The third-order valence-corrected chi connectivity index (χ3v) is 5.68. The molecule has 5 nitrogen and oxygen atoms in total. The maximum Gasteiger partial charge on any atom is 0.246 e. The van der Waals surface area contributed by atoms with Crippen molar-refractivity contribution in [1.29, 1.82) is 0 Å². The Morgan fingerprint density at radius 1 is 1.19 bits per heavy atom. The van der Waals surface area contributed by atoms with Crippen molar-refractivity contribution >= 4 is 5.91 Å². The van der Waals surface area contributed by atoms with E-state index in [1.54, 1.807) is 20.3 Å². The van der Waals surface area contributed by atoms with Crippen molar-refractivity contribution in [2.24, 2.45) is 5.41 Å². The number of piperidine rings is 1. The number of allylic oxidation sites excluding steroid dienone is 1. The summed E-state index contributed by atoms with van der Waals surface area (Å²) >= 11 is 0. The van der Waals surface area contributed by atoms with Gasteiger partial charge in [0.2, 0.25) is 5.91 Å². The predicted octanol–water partition coefficient (Wildman–Crippen LogP) is 3.09. The van der Waals surface area contributed by atoms with Crippen LogP contribution in [0.25, 0.3) is 0 Å². The summed E-state index contributed by atoms with van der Waals surface area (Å²) in [6, 6.07) is 6.06. The first-order chi connectivity index (χ1) is 12.6. The highest BCUT2D eigenvalue weighted by Crippen LogP contribution is 2.40. The van der Waals surface area contributed by atoms with E-state index in [0.29, 0.717) is 0 Å². The number of rotatable bonds is 5. The molecule has 1 aromatic carbocycles. The Kier molecular flexibility index (Phi) is 5.87. The summed E-state index contributed by atoms with van der Waals surface area (Å²) in [5.41, 5.74) is 1.39. The first-order valence-corrected chi connectivity index (χ1v) is 9.44. The van der Waals surface area contributed by atoms with Crippen LogP contribution < -0.4 is 9.47 Å². The molecule has 0 N–H and O–H groups in total. The molecule has 0 bridgehead atoms. The van der Waals surface area contributed by atoms with Crippen molar-refractivity contribution in [2.75, 3.05) is 40.4 Å². The van der Waals surface area contributed by atoms with Crippen LogP contribution in [0.1, 0.15) is 31.7 Å². The van der Waals surface area contributed by atoms with E-state index in [1.165, 1.54) is 12.8 Å². The second kappa shape index (κ2) is 8.12. The van der Waals surface area contributed by atoms with Crippen molar-refractivity contribution in [3.05, 3.63) is 35.9 Å². The molecule has 1 atom stereocenters. The monoisotopic (exact) mass is 358 g/mol. The van der Waals surface area contributed by atoms with Gasteiger partial charge in [-0.2, -0.15) is 0 Å². The molecule has 2 aliphatic rings. The van der Waals surface area contributed by atoms with Gasteiger partial charge in [-0.25, -0.2) is 0 Å². The van der Waals surface area contributed by atoms with Gasteiger partial charge >= 0.3 is 0 Å². The summed E-state index contributed by atoms with van der Waals surface area (Å²) in [5, 5.41) is 0. The molecule has 0 saturated carbocycles. The molecule has 2 aliphatic heterocycles. The third-order valence-electron chi connectivity index (χ3n) is 5.68. The molecule has 26 heavy (non-hydrogen) atoms. The van der Waals surface area contributed by atoms with E-state index >= 15 is 0 Å². The third kappa shape index (κ3) is 3.88. The number of likely N-dealkylation sites (tertiary alicyclic amines) is 2. The van der Waals surface area contributed by atoms with Crippen LogP contribution >= 0.6 is 0 Å². The normalized spacial score (nSPS) is 23.7. The number of methoxy groups -OCH3 is 2. The van der Waals surface area contributed by atoms with Crippen molar-refractivity contribution in [2.45, 2.75) is 32.7 Å². The van der Waals surface area contributed by atoms with E-state index < -0.39 is 0 Å². The lowest BCUT2D eigenvalue weighted by atomic mass is 9.79. The minimum atomic E-state index is 0.149. The van der Waals surface area contributed by atoms with Crippen LogP contribution in [0, 0.1) is 5.41 Å². The number of carbonyl (C=O) groups is 1. The molecule has 2 saturated heterocycles. The largest absolute Gasteiger partial charge is 0.493 e. The van der Waals surface area contributed by atoms with Gasteiger partial charge in [0, 0.05) is 37.2 Å². The molecule has 1 spiro atoms. The number of carbonyl (C=O) groups excluding carboxylic acids is 1. The Balaban J connectivity index is 1.69. The zero-order valence-electron chi connectivity index (χ0n) is 16.2. The van der Waals surface area contributed by atoms with Crippen LogP contribution in [0.4, 0.5) is 0 Å². The fourth-order valence-electron chi connectivity index (χ4n) is 4.47. The minimum Gasteiger partial charge on any atom is -0.493 e. The van der Waals surface area contributed by atoms with Crippen LogP contribution in [0.2, 0.25) is 0 Å². The Morgan fingerprint density at radius 2 is 2.04 bits per heavy atom. The van der Waals surface area contributed by atoms with Crippen molar-refractivity contribution in [3.63, 3.8) is 0 Å². The van der Waals surface area contributed by atoms with E-state index in [9.17, 15) is 4.79 Å². The summed E-state index contributed by atoms with van der Waals surface area (Å²) in [4.78, 5) is 16.7. The molecule has 3 rings (SSSR count). The number of hydrogen-bond acceptors (Lipinski definition) is 4. The lowest BCUT2D eigenvalue weighted by Gasteiger charge is -2.40.